The molecule has 0 saturated carbocycles. The van der Waals surface area contributed by atoms with Crippen molar-refractivity contribution in [2.45, 2.75) is 24.9 Å². The number of aliphatic carboxylic acids is 2. The van der Waals surface area contributed by atoms with Crippen LogP contribution in [0.15, 0.2) is 24.3 Å². The van der Waals surface area contributed by atoms with E-state index in [9.17, 15) is 9.59 Å². The highest BCUT2D eigenvalue weighted by Crippen LogP contribution is 2.10. The monoisotopic (exact) mass is 316 g/mol. The van der Waals surface area contributed by atoms with Crippen LogP contribution >= 0.6 is 12.6 Å². The van der Waals surface area contributed by atoms with E-state index in [2.05, 4.69) is 12.6 Å². The van der Waals surface area contributed by atoms with Crippen LogP contribution in [-0.2, 0) is 16.0 Å². The molecule has 0 fully saturated rings. The maximum absolute atomic E-state index is 10.4. The van der Waals surface area contributed by atoms with E-state index in [1.54, 1.807) is 12.1 Å². The highest BCUT2D eigenvalue weighted by molar-refractivity contribution is 7.80. The maximum Gasteiger partial charge on any atom is 0.320 e. The molecule has 0 aromatic heterocycles. The Morgan fingerprint density at radius 2 is 1.52 bits per heavy atom. The second-order valence-electron chi connectivity index (χ2n) is 4.27. The first kappa shape index (κ1) is 19.2. The molecule has 0 aliphatic rings. The quantitative estimate of drug-likeness (QED) is 0.407. The molecular weight excluding hydrogens is 296 g/mol. The minimum Gasteiger partial charge on any atom is -0.508 e. The number of aromatic hydroxyl groups is 1. The number of hydrogen-bond acceptors (Lipinski definition) is 6. The third-order valence-corrected chi connectivity index (χ3v) is 2.72. The van der Waals surface area contributed by atoms with Gasteiger partial charge in [-0.25, -0.2) is 0 Å². The second kappa shape index (κ2) is 10.0. The Kier molecular flexibility index (Phi) is 9.18. The predicted octanol–water partition coefficient (Wildman–Crippen LogP) is 0.0648. The molecule has 0 aliphatic carbocycles. The Balaban J connectivity index is 0.000000433. The number of hydrogen-bond donors (Lipinski definition) is 6. The van der Waals surface area contributed by atoms with Crippen LogP contribution < -0.4 is 11.5 Å². The van der Waals surface area contributed by atoms with E-state index in [1.807, 2.05) is 0 Å². The Bertz CT molecular complexity index is 452. The zero-order chi connectivity index (χ0) is 16.4. The number of phenols is 1. The van der Waals surface area contributed by atoms with Crippen molar-refractivity contribution in [3.8, 4) is 5.75 Å². The van der Waals surface area contributed by atoms with Crippen molar-refractivity contribution in [2.24, 2.45) is 11.5 Å². The molecule has 0 heterocycles. The summed E-state index contributed by atoms with van der Waals surface area (Å²) in [6, 6.07) is 4.68. The summed E-state index contributed by atoms with van der Waals surface area (Å²) in [5.41, 5.74) is 11.2. The number of phenolic OH excluding ortho intramolecular Hbond substituents is 1. The molecular formula is C13H20N2O5S. The minimum atomic E-state index is -1.02. The molecule has 2 unspecified atom stereocenters. The Morgan fingerprint density at radius 1 is 1.05 bits per heavy atom. The van der Waals surface area contributed by atoms with E-state index < -0.39 is 24.0 Å². The lowest BCUT2D eigenvalue weighted by Gasteiger charge is -2.05. The summed E-state index contributed by atoms with van der Waals surface area (Å²) in [4.78, 5) is 20.3. The van der Waals surface area contributed by atoms with Crippen molar-refractivity contribution in [3.05, 3.63) is 29.8 Å². The topological polar surface area (TPSA) is 147 Å². The van der Waals surface area contributed by atoms with Crippen LogP contribution in [0.2, 0.25) is 0 Å². The summed E-state index contributed by atoms with van der Waals surface area (Å²) in [5, 5.41) is 25.6. The van der Waals surface area contributed by atoms with Crippen molar-refractivity contribution < 1.29 is 24.9 Å². The Hall–Kier alpha value is -1.77. The van der Waals surface area contributed by atoms with E-state index in [0.717, 1.165) is 5.56 Å². The smallest absolute Gasteiger partial charge is 0.320 e. The number of thiol groups is 1. The van der Waals surface area contributed by atoms with Gasteiger partial charge in [0, 0.05) is 0 Å². The van der Waals surface area contributed by atoms with E-state index >= 15 is 0 Å². The van der Waals surface area contributed by atoms with E-state index in [0.29, 0.717) is 12.2 Å². The lowest BCUT2D eigenvalue weighted by Crippen LogP contribution is -2.32. The average molecular weight is 316 g/mol. The van der Waals surface area contributed by atoms with Crippen LogP contribution in [-0.4, -0.2) is 45.1 Å². The molecule has 0 saturated heterocycles. The predicted molar refractivity (Wildman–Crippen MR) is 81.5 cm³/mol. The molecule has 0 amide bonds. The minimum absolute atomic E-state index is 0.160. The van der Waals surface area contributed by atoms with Crippen LogP contribution in [0.25, 0.3) is 0 Å². The van der Waals surface area contributed by atoms with Crippen LogP contribution in [0.4, 0.5) is 0 Å². The van der Waals surface area contributed by atoms with Gasteiger partial charge in [0.1, 0.15) is 17.8 Å². The summed E-state index contributed by atoms with van der Waals surface area (Å²) < 4.78 is 0. The molecule has 7 nitrogen and oxygen atoms in total. The third-order valence-electron chi connectivity index (χ3n) is 2.47. The summed E-state index contributed by atoms with van der Waals surface area (Å²) >= 11 is 3.81. The summed E-state index contributed by atoms with van der Waals surface area (Å²) in [6.45, 7) is 0. The second-order valence-corrected chi connectivity index (χ2v) is 4.72. The highest BCUT2D eigenvalue weighted by Gasteiger charge is 2.11. The average Bonchev–Trinajstić information content (AvgIpc) is 2.42. The number of nitrogens with two attached hydrogens (primary N) is 2. The van der Waals surface area contributed by atoms with E-state index in [4.69, 9.17) is 26.8 Å². The molecule has 7 N–H and O–H groups in total. The zero-order valence-electron chi connectivity index (χ0n) is 11.3. The molecule has 8 heteroatoms. The lowest BCUT2D eigenvalue weighted by atomic mass is 10.1. The van der Waals surface area contributed by atoms with Crippen LogP contribution in [0.5, 0.6) is 5.75 Å². The fourth-order valence-corrected chi connectivity index (χ4v) is 1.51. The Labute approximate surface area is 128 Å². The first-order chi connectivity index (χ1) is 9.77. The first-order valence-electron chi connectivity index (χ1n) is 6.13. The molecule has 0 aliphatic heterocycles. The van der Waals surface area contributed by atoms with Gasteiger partial charge in [-0.2, -0.15) is 12.6 Å². The SMILES string of the molecule is NC(CCS)C(=O)O.NC(Cc1ccc(O)cc1)C(=O)O. The number of carbonyl (C=O) groups is 2. The van der Waals surface area contributed by atoms with Gasteiger partial charge in [0.05, 0.1) is 0 Å². The number of carboxylic acids is 2. The number of carboxylic acid groups (broad SMARTS) is 2. The van der Waals surface area contributed by atoms with Gasteiger partial charge in [-0.05, 0) is 36.3 Å². The summed E-state index contributed by atoms with van der Waals surface area (Å²) in [7, 11) is 0. The van der Waals surface area contributed by atoms with E-state index in [-0.39, 0.29) is 12.2 Å². The van der Waals surface area contributed by atoms with Crippen molar-refractivity contribution >= 4 is 24.6 Å². The fourth-order valence-electron chi connectivity index (χ4n) is 1.24. The van der Waals surface area contributed by atoms with Crippen LogP contribution in [0.1, 0.15) is 12.0 Å². The standard InChI is InChI=1S/C9H11NO3.C4H9NO2S/c10-8(9(12)13)5-6-1-3-7(11)4-2-6;5-3(1-2-8)4(6)7/h1-4,8,11H,5,10H2,(H,12,13);3,8H,1-2,5H2,(H,6,7). The van der Waals surface area contributed by atoms with Gasteiger partial charge in [0.2, 0.25) is 0 Å². The zero-order valence-corrected chi connectivity index (χ0v) is 12.2. The largest absolute Gasteiger partial charge is 0.508 e. The molecule has 2 atom stereocenters. The van der Waals surface area contributed by atoms with Gasteiger partial charge in [-0.1, -0.05) is 12.1 Å². The Morgan fingerprint density at radius 3 is 1.86 bits per heavy atom. The van der Waals surface area contributed by atoms with Crippen LogP contribution in [0, 0.1) is 0 Å². The number of benzene rings is 1. The molecule has 1 aromatic carbocycles. The fraction of sp³-hybridized carbons (Fsp3) is 0.385. The normalized spacial score (nSPS) is 12.7. The van der Waals surface area contributed by atoms with E-state index in [1.165, 1.54) is 12.1 Å². The van der Waals surface area contributed by atoms with Crippen molar-refractivity contribution in [3.63, 3.8) is 0 Å². The van der Waals surface area contributed by atoms with Crippen molar-refractivity contribution in [1.82, 2.24) is 0 Å². The molecule has 21 heavy (non-hydrogen) atoms. The molecule has 0 spiro atoms. The van der Waals surface area contributed by atoms with Gasteiger partial charge in [0.15, 0.2) is 0 Å². The van der Waals surface area contributed by atoms with Gasteiger partial charge in [0.25, 0.3) is 0 Å². The summed E-state index contributed by atoms with van der Waals surface area (Å²) in [5.74, 6) is -1.30. The third kappa shape index (κ3) is 8.90. The maximum atomic E-state index is 10.4. The van der Waals surface area contributed by atoms with Gasteiger partial charge < -0.3 is 26.8 Å². The van der Waals surface area contributed by atoms with Gasteiger partial charge >= 0.3 is 11.9 Å². The van der Waals surface area contributed by atoms with Gasteiger partial charge in [-0.3, -0.25) is 9.59 Å². The van der Waals surface area contributed by atoms with Crippen molar-refractivity contribution in [1.29, 1.82) is 0 Å². The molecule has 1 aromatic rings. The van der Waals surface area contributed by atoms with Crippen molar-refractivity contribution in [2.75, 3.05) is 5.75 Å². The molecule has 118 valence electrons. The summed E-state index contributed by atoms with van der Waals surface area (Å²) in [6.07, 6.45) is 0.702. The number of rotatable bonds is 6. The lowest BCUT2D eigenvalue weighted by molar-refractivity contribution is -0.139. The first-order valence-corrected chi connectivity index (χ1v) is 6.76. The molecule has 0 bridgehead atoms. The molecule has 1 rings (SSSR count). The highest BCUT2D eigenvalue weighted by atomic mass is 32.1. The van der Waals surface area contributed by atoms with Gasteiger partial charge in [-0.15, -0.1) is 0 Å². The molecule has 0 radical (unpaired) electrons. The van der Waals surface area contributed by atoms with Crippen LogP contribution in [0.3, 0.4) is 0 Å².